The van der Waals surface area contributed by atoms with Crippen molar-refractivity contribution < 1.29 is 4.79 Å². The molecule has 1 nitrogen and oxygen atoms in total. The maximum absolute atomic E-state index is 11.8. The third-order valence-corrected chi connectivity index (χ3v) is 3.12. The topological polar surface area (TPSA) is 17.1 Å². The lowest BCUT2D eigenvalue weighted by Crippen LogP contribution is -2.02. The molecule has 0 aromatic carbocycles. The molecule has 0 N–H and O–H groups in total. The Morgan fingerprint density at radius 2 is 2.07 bits per heavy atom. The monoisotopic (exact) mass is 202 g/mol. The Labute approximate surface area is 91.6 Å². The molecule has 2 aliphatic carbocycles. The molecule has 0 atom stereocenters. The number of carbonyl (C=O) groups excluding carboxylic acids is 1. The van der Waals surface area contributed by atoms with E-state index in [1.54, 1.807) is 0 Å². The molecule has 0 aliphatic heterocycles. The van der Waals surface area contributed by atoms with Crippen molar-refractivity contribution in [1.82, 2.24) is 0 Å². The molecule has 2 aliphatic rings. The van der Waals surface area contributed by atoms with Crippen molar-refractivity contribution in [1.29, 1.82) is 0 Å². The molecule has 0 bridgehead atoms. The van der Waals surface area contributed by atoms with Gasteiger partial charge in [-0.15, -0.1) is 0 Å². The van der Waals surface area contributed by atoms with Gasteiger partial charge in [0.2, 0.25) is 0 Å². The van der Waals surface area contributed by atoms with Crippen LogP contribution in [0.25, 0.3) is 0 Å². The molecule has 0 radical (unpaired) electrons. The van der Waals surface area contributed by atoms with Gasteiger partial charge in [0.25, 0.3) is 0 Å². The molecule has 15 heavy (non-hydrogen) atoms. The van der Waals surface area contributed by atoms with Crippen LogP contribution in [-0.4, -0.2) is 5.78 Å². The van der Waals surface area contributed by atoms with Gasteiger partial charge < -0.3 is 0 Å². The molecule has 0 aromatic heterocycles. The van der Waals surface area contributed by atoms with Gasteiger partial charge in [-0.05, 0) is 44.1 Å². The summed E-state index contributed by atoms with van der Waals surface area (Å²) in [5.74, 6) is 0.378. The maximum atomic E-state index is 11.8. The molecule has 0 amide bonds. The summed E-state index contributed by atoms with van der Waals surface area (Å²) in [6, 6.07) is 0. The zero-order valence-electron chi connectivity index (χ0n) is 9.17. The van der Waals surface area contributed by atoms with Gasteiger partial charge in [0.1, 0.15) is 0 Å². The van der Waals surface area contributed by atoms with Crippen LogP contribution in [0.15, 0.2) is 35.5 Å². The van der Waals surface area contributed by atoms with E-state index in [-0.39, 0.29) is 0 Å². The molecule has 1 heteroatoms. The van der Waals surface area contributed by atoms with Crippen molar-refractivity contribution in [2.75, 3.05) is 0 Å². The standard InChI is InChI=1S/C14H18O/c15-14-10-6-2-5-9-13(14)11-12-7-3-1-4-8-12/h1,3,7,9H,2,4-6,8,10-11H2. The predicted molar refractivity (Wildman–Crippen MR) is 62.6 cm³/mol. The van der Waals surface area contributed by atoms with Crippen LogP contribution >= 0.6 is 0 Å². The van der Waals surface area contributed by atoms with Gasteiger partial charge in [-0.3, -0.25) is 4.79 Å². The minimum atomic E-state index is 0.378. The SMILES string of the molecule is O=C1CCCCC=C1CC1=CC=CCC1. The average Bonchev–Trinajstić information content (AvgIpc) is 2.46. The first kappa shape index (κ1) is 10.4. The summed E-state index contributed by atoms with van der Waals surface area (Å²) >= 11 is 0. The molecule has 0 saturated carbocycles. The van der Waals surface area contributed by atoms with Crippen LogP contribution in [0.5, 0.6) is 0 Å². The molecule has 0 heterocycles. The van der Waals surface area contributed by atoms with E-state index in [4.69, 9.17) is 0 Å². The van der Waals surface area contributed by atoms with Gasteiger partial charge in [0.05, 0.1) is 0 Å². The summed E-state index contributed by atoms with van der Waals surface area (Å²) in [5, 5.41) is 0. The Balaban J connectivity index is 2.03. The van der Waals surface area contributed by atoms with Gasteiger partial charge in [-0.2, -0.15) is 0 Å². The number of rotatable bonds is 2. The van der Waals surface area contributed by atoms with Gasteiger partial charge in [0.15, 0.2) is 5.78 Å². The molecule has 0 spiro atoms. The second-order valence-corrected chi connectivity index (χ2v) is 4.37. The van der Waals surface area contributed by atoms with Crippen LogP contribution in [-0.2, 0) is 4.79 Å². The normalized spacial score (nSPS) is 22.0. The third-order valence-electron chi connectivity index (χ3n) is 3.12. The molecule has 0 aromatic rings. The number of carbonyl (C=O) groups is 1. The molecule has 0 unspecified atom stereocenters. The lowest BCUT2D eigenvalue weighted by Gasteiger charge is -2.10. The Hall–Kier alpha value is -1.11. The quantitative estimate of drug-likeness (QED) is 0.667. The van der Waals surface area contributed by atoms with Crippen molar-refractivity contribution >= 4 is 5.78 Å². The van der Waals surface area contributed by atoms with Crippen LogP contribution in [0.2, 0.25) is 0 Å². The number of Topliss-reactive ketones (excluding diaryl/α,β-unsaturated/α-hetero) is 1. The highest BCUT2D eigenvalue weighted by molar-refractivity contribution is 5.95. The molecule has 80 valence electrons. The molecule has 0 fully saturated rings. The zero-order valence-corrected chi connectivity index (χ0v) is 9.17. The first-order chi connectivity index (χ1) is 7.36. The van der Waals surface area contributed by atoms with Crippen molar-refractivity contribution in [2.45, 2.75) is 44.9 Å². The summed E-state index contributed by atoms with van der Waals surface area (Å²) in [5.41, 5.74) is 2.48. The second kappa shape index (κ2) is 5.11. The Bertz CT molecular complexity index is 331. The molecule has 2 rings (SSSR count). The van der Waals surface area contributed by atoms with Crippen molar-refractivity contribution in [2.24, 2.45) is 0 Å². The van der Waals surface area contributed by atoms with Gasteiger partial charge >= 0.3 is 0 Å². The van der Waals surface area contributed by atoms with E-state index in [2.05, 4.69) is 24.3 Å². The highest BCUT2D eigenvalue weighted by atomic mass is 16.1. The molecular formula is C14H18O. The third kappa shape index (κ3) is 2.92. The van der Waals surface area contributed by atoms with Crippen molar-refractivity contribution in [3.05, 3.63) is 35.5 Å². The highest BCUT2D eigenvalue weighted by Crippen LogP contribution is 2.24. The van der Waals surface area contributed by atoms with Crippen LogP contribution < -0.4 is 0 Å². The summed E-state index contributed by atoms with van der Waals surface area (Å²) < 4.78 is 0. The fourth-order valence-electron chi connectivity index (χ4n) is 2.20. The average molecular weight is 202 g/mol. The lowest BCUT2D eigenvalue weighted by molar-refractivity contribution is -0.115. The van der Waals surface area contributed by atoms with Gasteiger partial charge in [-0.1, -0.05) is 29.9 Å². The van der Waals surface area contributed by atoms with Crippen LogP contribution in [0.4, 0.5) is 0 Å². The fraction of sp³-hybridized carbons (Fsp3) is 0.500. The predicted octanol–water partition coefficient (Wildman–Crippen LogP) is 3.72. The molecule has 0 saturated heterocycles. The number of ketones is 1. The van der Waals surface area contributed by atoms with E-state index in [1.165, 1.54) is 12.0 Å². The summed E-state index contributed by atoms with van der Waals surface area (Å²) in [6.45, 7) is 0. The van der Waals surface area contributed by atoms with E-state index in [0.29, 0.717) is 5.78 Å². The number of allylic oxidation sites excluding steroid dienone is 6. The van der Waals surface area contributed by atoms with E-state index in [9.17, 15) is 4.79 Å². The first-order valence-corrected chi connectivity index (χ1v) is 5.93. The van der Waals surface area contributed by atoms with Crippen LogP contribution in [0.1, 0.15) is 44.9 Å². The van der Waals surface area contributed by atoms with Crippen molar-refractivity contribution in [3.63, 3.8) is 0 Å². The summed E-state index contributed by atoms with van der Waals surface area (Å²) in [7, 11) is 0. The van der Waals surface area contributed by atoms with Crippen LogP contribution in [0.3, 0.4) is 0 Å². The lowest BCUT2D eigenvalue weighted by atomic mass is 9.95. The second-order valence-electron chi connectivity index (χ2n) is 4.37. The highest BCUT2D eigenvalue weighted by Gasteiger charge is 2.13. The van der Waals surface area contributed by atoms with Gasteiger partial charge in [0, 0.05) is 6.42 Å². The van der Waals surface area contributed by atoms with Crippen molar-refractivity contribution in [3.8, 4) is 0 Å². The van der Waals surface area contributed by atoms with E-state index in [0.717, 1.165) is 44.1 Å². The number of hydrogen-bond donors (Lipinski definition) is 0. The summed E-state index contributed by atoms with van der Waals surface area (Å²) in [6.07, 6.45) is 15.9. The van der Waals surface area contributed by atoms with E-state index < -0.39 is 0 Å². The minimum absolute atomic E-state index is 0.378. The van der Waals surface area contributed by atoms with E-state index in [1.807, 2.05) is 0 Å². The first-order valence-electron chi connectivity index (χ1n) is 5.93. The van der Waals surface area contributed by atoms with Crippen LogP contribution in [0, 0.1) is 0 Å². The maximum Gasteiger partial charge on any atom is 0.158 e. The van der Waals surface area contributed by atoms with E-state index >= 15 is 0 Å². The number of hydrogen-bond acceptors (Lipinski definition) is 1. The zero-order chi connectivity index (χ0) is 10.5. The largest absolute Gasteiger partial charge is 0.295 e. The summed E-state index contributed by atoms with van der Waals surface area (Å²) in [4.78, 5) is 11.8. The molecular weight excluding hydrogens is 184 g/mol. The van der Waals surface area contributed by atoms with Gasteiger partial charge in [-0.25, -0.2) is 0 Å². The Morgan fingerprint density at radius 1 is 1.13 bits per heavy atom. The Kier molecular flexibility index (Phi) is 3.54. The smallest absolute Gasteiger partial charge is 0.158 e. The fourth-order valence-corrected chi connectivity index (χ4v) is 2.20. The minimum Gasteiger partial charge on any atom is -0.295 e. The Morgan fingerprint density at radius 3 is 2.87 bits per heavy atom.